The summed E-state index contributed by atoms with van der Waals surface area (Å²) in [6, 6.07) is 5.23. The van der Waals surface area contributed by atoms with Crippen molar-refractivity contribution in [2.75, 3.05) is 26.2 Å². The highest BCUT2D eigenvalue weighted by Gasteiger charge is 2.43. The maximum absolute atomic E-state index is 13.9. The minimum absolute atomic E-state index is 0.0764. The summed E-state index contributed by atoms with van der Waals surface area (Å²) in [7, 11) is 0. The van der Waals surface area contributed by atoms with Gasteiger partial charge < -0.3 is 10.0 Å². The summed E-state index contributed by atoms with van der Waals surface area (Å²) in [5, 5.41) is 10.5. The maximum Gasteiger partial charge on any atom is 0.255 e. The van der Waals surface area contributed by atoms with Crippen LogP contribution in [0.1, 0.15) is 35.2 Å². The molecule has 0 aliphatic carbocycles. The third kappa shape index (κ3) is 4.05. The van der Waals surface area contributed by atoms with Crippen molar-refractivity contribution in [3.63, 3.8) is 0 Å². The van der Waals surface area contributed by atoms with Gasteiger partial charge in [-0.05, 0) is 56.0 Å². The van der Waals surface area contributed by atoms with Crippen LogP contribution in [0.4, 0.5) is 4.39 Å². The summed E-state index contributed by atoms with van der Waals surface area (Å²) < 4.78 is 13.9. The fourth-order valence-corrected chi connectivity index (χ4v) is 4.50. The van der Waals surface area contributed by atoms with Gasteiger partial charge in [0.15, 0.2) is 0 Å². The zero-order valence-corrected chi connectivity index (χ0v) is 15.8. The van der Waals surface area contributed by atoms with E-state index in [9.17, 15) is 14.3 Å². The zero-order valence-electron chi connectivity index (χ0n) is 15.8. The molecule has 7 heteroatoms. The fourth-order valence-electron chi connectivity index (χ4n) is 4.50. The number of hydrogen-bond acceptors (Lipinski definition) is 5. The van der Waals surface area contributed by atoms with E-state index >= 15 is 0 Å². The van der Waals surface area contributed by atoms with Gasteiger partial charge in [0.25, 0.3) is 5.91 Å². The molecule has 2 fully saturated rings. The maximum atomic E-state index is 13.9. The first-order chi connectivity index (χ1) is 13.5. The van der Waals surface area contributed by atoms with Crippen molar-refractivity contribution in [3.05, 3.63) is 59.9 Å². The van der Waals surface area contributed by atoms with Crippen LogP contribution in [0.15, 0.2) is 43.0 Å². The van der Waals surface area contributed by atoms with Crippen LogP contribution in [0.5, 0.6) is 0 Å². The molecule has 0 radical (unpaired) electrons. The highest BCUT2D eigenvalue weighted by molar-refractivity contribution is 5.94. The standard InChI is InChI=1S/C21H25FN4O2/c22-19-12-24-7-3-17(19)13-25-8-4-21(5-9-25)10-18(27)14-26(15-21)20(28)16-2-1-6-23-11-16/h1-3,6-7,11-12,18,27H,4-5,8-10,13-15H2. The van der Waals surface area contributed by atoms with Gasteiger partial charge in [-0.25, -0.2) is 4.39 Å². The van der Waals surface area contributed by atoms with Crippen LogP contribution < -0.4 is 0 Å². The van der Waals surface area contributed by atoms with Gasteiger partial charge in [-0.1, -0.05) is 0 Å². The van der Waals surface area contributed by atoms with Crippen LogP contribution in [-0.2, 0) is 6.54 Å². The average Bonchev–Trinajstić information content (AvgIpc) is 2.71. The Hall–Kier alpha value is -2.38. The summed E-state index contributed by atoms with van der Waals surface area (Å²) >= 11 is 0. The number of halogens is 1. The first kappa shape index (κ1) is 19.0. The number of rotatable bonds is 3. The fraction of sp³-hybridized carbons (Fsp3) is 0.476. The molecule has 0 saturated carbocycles. The van der Waals surface area contributed by atoms with Gasteiger partial charge in [0, 0.05) is 43.8 Å². The quantitative estimate of drug-likeness (QED) is 0.878. The van der Waals surface area contributed by atoms with Crippen molar-refractivity contribution < 1.29 is 14.3 Å². The normalized spacial score (nSPS) is 22.4. The number of hydrogen-bond donors (Lipinski definition) is 1. The van der Waals surface area contributed by atoms with Gasteiger partial charge >= 0.3 is 0 Å². The number of carbonyl (C=O) groups is 1. The van der Waals surface area contributed by atoms with E-state index in [0.29, 0.717) is 37.2 Å². The van der Waals surface area contributed by atoms with Crippen LogP contribution >= 0.6 is 0 Å². The summed E-state index contributed by atoms with van der Waals surface area (Å²) in [4.78, 5) is 24.7. The molecule has 0 aromatic carbocycles. The minimum atomic E-state index is -0.515. The van der Waals surface area contributed by atoms with E-state index in [-0.39, 0.29) is 17.1 Å². The molecule has 6 nitrogen and oxygen atoms in total. The number of β-amino-alcohol motifs (C(OH)–C–C–N with tert-alkyl or cyclic N) is 1. The lowest BCUT2D eigenvalue weighted by Crippen LogP contribution is -2.55. The van der Waals surface area contributed by atoms with Gasteiger partial charge in [-0.15, -0.1) is 0 Å². The number of amides is 1. The zero-order chi connectivity index (χ0) is 19.6. The number of carbonyl (C=O) groups excluding carboxylic acids is 1. The van der Waals surface area contributed by atoms with E-state index in [4.69, 9.17) is 0 Å². The number of aromatic nitrogens is 2. The van der Waals surface area contributed by atoms with Crippen LogP contribution in [0.2, 0.25) is 0 Å². The predicted molar refractivity (Wildman–Crippen MR) is 102 cm³/mol. The minimum Gasteiger partial charge on any atom is -0.391 e. The molecular weight excluding hydrogens is 359 g/mol. The number of pyridine rings is 2. The molecule has 4 rings (SSSR count). The van der Waals surface area contributed by atoms with Crippen molar-refractivity contribution in [2.24, 2.45) is 5.41 Å². The van der Waals surface area contributed by atoms with Gasteiger partial charge in [-0.3, -0.25) is 19.7 Å². The molecule has 1 spiro atoms. The molecule has 1 atom stereocenters. The molecule has 1 N–H and O–H groups in total. The highest BCUT2D eigenvalue weighted by Crippen LogP contribution is 2.40. The Morgan fingerprint density at radius 2 is 2.00 bits per heavy atom. The van der Waals surface area contributed by atoms with E-state index in [0.717, 1.165) is 25.9 Å². The third-order valence-electron chi connectivity index (χ3n) is 5.99. The summed E-state index contributed by atoms with van der Waals surface area (Å²) in [5.41, 5.74) is 1.13. The lowest BCUT2D eigenvalue weighted by Gasteiger charge is -2.49. The smallest absolute Gasteiger partial charge is 0.255 e. The summed E-state index contributed by atoms with van der Waals surface area (Å²) in [6.45, 7) is 3.22. The second-order valence-corrected chi connectivity index (χ2v) is 8.03. The van der Waals surface area contributed by atoms with E-state index in [2.05, 4.69) is 14.9 Å². The van der Waals surface area contributed by atoms with Crippen molar-refractivity contribution in [3.8, 4) is 0 Å². The average molecular weight is 384 g/mol. The lowest BCUT2D eigenvalue weighted by molar-refractivity contribution is -0.0338. The molecule has 2 aromatic heterocycles. The Morgan fingerprint density at radius 3 is 2.71 bits per heavy atom. The van der Waals surface area contributed by atoms with Gasteiger partial charge in [0.2, 0.25) is 0 Å². The Morgan fingerprint density at radius 1 is 1.21 bits per heavy atom. The number of likely N-dealkylation sites (tertiary alicyclic amines) is 2. The Balaban J connectivity index is 1.41. The molecule has 2 saturated heterocycles. The first-order valence-corrected chi connectivity index (χ1v) is 9.73. The van der Waals surface area contributed by atoms with Gasteiger partial charge in [0.1, 0.15) is 5.82 Å². The van der Waals surface area contributed by atoms with Crippen LogP contribution in [0.3, 0.4) is 0 Å². The molecule has 28 heavy (non-hydrogen) atoms. The van der Waals surface area contributed by atoms with Crippen molar-refractivity contribution in [1.82, 2.24) is 19.8 Å². The number of aliphatic hydroxyl groups excluding tert-OH is 1. The molecule has 148 valence electrons. The molecule has 1 unspecified atom stereocenters. The largest absolute Gasteiger partial charge is 0.391 e. The van der Waals surface area contributed by atoms with Crippen molar-refractivity contribution in [1.29, 1.82) is 0 Å². The highest BCUT2D eigenvalue weighted by atomic mass is 19.1. The van der Waals surface area contributed by atoms with Gasteiger partial charge in [0.05, 0.1) is 17.9 Å². The van der Waals surface area contributed by atoms with E-state index in [1.54, 1.807) is 41.7 Å². The number of nitrogens with zero attached hydrogens (tertiary/aromatic N) is 4. The van der Waals surface area contributed by atoms with E-state index < -0.39 is 6.10 Å². The summed E-state index contributed by atoms with van der Waals surface area (Å²) in [6.07, 6.45) is 8.04. The van der Waals surface area contributed by atoms with Crippen LogP contribution in [0, 0.1) is 11.2 Å². The molecular formula is C21H25FN4O2. The second kappa shape index (κ2) is 7.93. The van der Waals surface area contributed by atoms with E-state index in [1.165, 1.54) is 6.20 Å². The van der Waals surface area contributed by atoms with Crippen molar-refractivity contribution in [2.45, 2.75) is 31.9 Å². The van der Waals surface area contributed by atoms with Gasteiger partial charge in [-0.2, -0.15) is 0 Å². The molecule has 0 bridgehead atoms. The Bertz CT molecular complexity index is 824. The monoisotopic (exact) mass is 384 g/mol. The lowest BCUT2D eigenvalue weighted by atomic mass is 9.71. The first-order valence-electron chi connectivity index (χ1n) is 9.73. The summed E-state index contributed by atoms with van der Waals surface area (Å²) in [5.74, 6) is -0.350. The second-order valence-electron chi connectivity index (χ2n) is 8.03. The third-order valence-corrected chi connectivity index (χ3v) is 5.99. The molecule has 2 aliphatic rings. The SMILES string of the molecule is O=C(c1cccnc1)N1CC(O)CC2(CCN(Cc3ccncc3F)CC2)C1. The van der Waals surface area contributed by atoms with Crippen molar-refractivity contribution >= 4 is 5.91 Å². The molecule has 4 heterocycles. The molecule has 2 aliphatic heterocycles. The molecule has 2 aromatic rings. The number of aliphatic hydroxyl groups is 1. The topological polar surface area (TPSA) is 69.6 Å². The molecule has 1 amide bonds. The van der Waals surface area contributed by atoms with Crippen LogP contribution in [0.25, 0.3) is 0 Å². The Kier molecular flexibility index (Phi) is 5.37. The Labute approximate surface area is 164 Å². The number of piperidine rings is 2. The van der Waals surface area contributed by atoms with E-state index in [1.807, 2.05) is 0 Å². The predicted octanol–water partition coefficient (Wildman–Crippen LogP) is 2.10. The van der Waals surface area contributed by atoms with Crippen LogP contribution in [-0.4, -0.2) is 63.1 Å².